The molecule has 0 aromatic carbocycles. The number of hydrogen-bond donors (Lipinski definition) is 1. The normalized spacial score (nSPS) is 10.7. The van der Waals surface area contributed by atoms with E-state index in [1.165, 1.54) is 25.5 Å². The van der Waals surface area contributed by atoms with Crippen molar-refractivity contribution in [1.29, 1.82) is 0 Å². The monoisotopic (exact) mass is 309 g/mol. The van der Waals surface area contributed by atoms with Gasteiger partial charge in [-0.2, -0.15) is 0 Å². The van der Waals surface area contributed by atoms with Crippen LogP contribution < -0.4 is 5.32 Å². The zero-order valence-corrected chi connectivity index (χ0v) is 12.8. The van der Waals surface area contributed by atoms with Crippen LogP contribution in [-0.4, -0.2) is 46.6 Å². The molecule has 0 bridgehead atoms. The van der Waals surface area contributed by atoms with Gasteiger partial charge in [-0.3, -0.25) is 14.8 Å². The van der Waals surface area contributed by atoms with Crippen molar-refractivity contribution in [1.82, 2.24) is 15.3 Å². The molecule has 8 nitrogen and oxygen atoms in total. The van der Waals surface area contributed by atoms with Crippen molar-refractivity contribution in [2.24, 2.45) is 0 Å². The molecule has 0 unspecified atom stereocenters. The molecule has 0 aliphatic rings. The molecule has 0 atom stereocenters. The molecular weight excluding hydrogens is 290 g/mol. The first-order valence-electron chi connectivity index (χ1n) is 6.84. The van der Waals surface area contributed by atoms with Crippen LogP contribution in [0.2, 0.25) is 0 Å². The first-order chi connectivity index (χ1) is 10.5. The Morgan fingerprint density at radius 1 is 1.14 bits per heavy atom. The Hall–Kier alpha value is -2.51. The van der Waals surface area contributed by atoms with E-state index in [0.717, 1.165) is 0 Å². The van der Waals surface area contributed by atoms with E-state index in [1.54, 1.807) is 13.8 Å². The lowest BCUT2D eigenvalue weighted by molar-refractivity contribution is -0.168. The first kappa shape index (κ1) is 17.5. The van der Waals surface area contributed by atoms with Gasteiger partial charge in [0.25, 0.3) is 0 Å². The van der Waals surface area contributed by atoms with Crippen molar-refractivity contribution in [3.05, 3.63) is 24.3 Å². The van der Waals surface area contributed by atoms with Crippen molar-refractivity contribution in [3.8, 4) is 0 Å². The number of nitrogens with one attached hydrogen (secondary N) is 1. The summed E-state index contributed by atoms with van der Waals surface area (Å²) in [5.74, 6) is -2.35. The Morgan fingerprint density at radius 3 is 2.14 bits per heavy atom. The third-order valence-electron chi connectivity index (χ3n) is 2.70. The summed E-state index contributed by atoms with van der Waals surface area (Å²) < 4.78 is 9.89. The largest absolute Gasteiger partial charge is 0.464 e. The summed E-state index contributed by atoms with van der Waals surface area (Å²) in [6.07, 6.45) is 4.07. The van der Waals surface area contributed by atoms with Crippen molar-refractivity contribution >= 4 is 17.8 Å². The predicted molar refractivity (Wildman–Crippen MR) is 75.5 cm³/mol. The zero-order chi connectivity index (χ0) is 16.6. The minimum atomic E-state index is -1.98. The van der Waals surface area contributed by atoms with Crippen LogP contribution >= 0.6 is 0 Å². The topological polar surface area (TPSA) is 107 Å². The summed E-state index contributed by atoms with van der Waals surface area (Å²) in [6, 6.07) is 0. The highest BCUT2D eigenvalue weighted by molar-refractivity contribution is 6.08. The van der Waals surface area contributed by atoms with Gasteiger partial charge in [0.1, 0.15) is 0 Å². The van der Waals surface area contributed by atoms with E-state index in [0.29, 0.717) is 5.69 Å². The van der Waals surface area contributed by atoms with Crippen LogP contribution in [0, 0.1) is 0 Å². The second-order valence-corrected chi connectivity index (χ2v) is 4.40. The number of esters is 2. The van der Waals surface area contributed by atoms with Crippen molar-refractivity contribution in [2.45, 2.75) is 32.7 Å². The molecule has 1 aromatic heterocycles. The van der Waals surface area contributed by atoms with Crippen molar-refractivity contribution in [3.63, 3.8) is 0 Å². The predicted octanol–water partition coefficient (Wildman–Crippen LogP) is 0.0202. The Morgan fingerprint density at radius 2 is 1.73 bits per heavy atom. The summed E-state index contributed by atoms with van der Waals surface area (Å²) in [7, 11) is 0. The average Bonchev–Trinajstić information content (AvgIpc) is 2.47. The summed E-state index contributed by atoms with van der Waals surface area (Å²) in [6.45, 7) is 4.51. The van der Waals surface area contributed by atoms with Gasteiger partial charge in [-0.15, -0.1) is 0 Å². The smallest absolute Gasteiger partial charge is 0.344 e. The molecule has 1 amide bonds. The van der Waals surface area contributed by atoms with E-state index >= 15 is 0 Å². The maximum Gasteiger partial charge on any atom is 0.344 e. The molecule has 0 saturated carbocycles. The van der Waals surface area contributed by atoms with Gasteiger partial charge in [-0.25, -0.2) is 9.59 Å². The van der Waals surface area contributed by atoms with E-state index in [4.69, 9.17) is 9.47 Å². The van der Waals surface area contributed by atoms with Gasteiger partial charge >= 0.3 is 11.9 Å². The minimum Gasteiger partial charge on any atom is -0.464 e. The van der Waals surface area contributed by atoms with Gasteiger partial charge in [-0.05, 0) is 13.8 Å². The van der Waals surface area contributed by atoms with E-state index in [1.807, 2.05) is 0 Å². The molecule has 1 rings (SSSR count). The molecule has 8 heteroatoms. The second kappa shape index (κ2) is 8.06. The van der Waals surface area contributed by atoms with Crippen LogP contribution in [-0.2, 0) is 30.3 Å². The average molecular weight is 309 g/mol. The third-order valence-corrected chi connectivity index (χ3v) is 2.70. The molecule has 0 fully saturated rings. The Labute approximate surface area is 128 Å². The Bertz CT molecular complexity index is 515. The number of nitrogens with zero attached hydrogens (tertiary/aromatic N) is 2. The van der Waals surface area contributed by atoms with E-state index < -0.39 is 23.4 Å². The van der Waals surface area contributed by atoms with Crippen LogP contribution in [0.25, 0.3) is 0 Å². The van der Waals surface area contributed by atoms with Crippen LogP contribution in [0.4, 0.5) is 0 Å². The van der Waals surface area contributed by atoms with Crippen LogP contribution in [0.5, 0.6) is 0 Å². The number of aromatic nitrogens is 2. The molecule has 0 saturated heterocycles. The fourth-order valence-electron chi connectivity index (χ4n) is 1.88. The highest BCUT2D eigenvalue weighted by Gasteiger charge is 2.50. The molecular formula is C14H19N3O5. The number of rotatable bonds is 7. The number of hydrogen-bond acceptors (Lipinski definition) is 7. The summed E-state index contributed by atoms with van der Waals surface area (Å²) in [5.41, 5.74) is -1.63. The lowest BCUT2D eigenvalue weighted by Gasteiger charge is -2.29. The summed E-state index contributed by atoms with van der Waals surface area (Å²) >= 11 is 0. The van der Waals surface area contributed by atoms with Crippen molar-refractivity contribution < 1.29 is 23.9 Å². The maximum atomic E-state index is 12.3. The summed E-state index contributed by atoms with van der Waals surface area (Å²) in [4.78, 5) is 44.1. The molecule has 0 aliphatic carbocycles. The molecule has 0 aliphatic heterocycles. The maximum absolute atomic E-state index is 12.3. The van der Waals surface area contributed by atoms with Crippen molar-refractivity contribution in [2.75, 3.05) is 13.2 Å². The third kappa shape index (κ3) is 4.24. The van der Waals surface area contributed by atoms with Crippen LogP contribution in [0.3, 0.4) is 0 Å². The number of ether oxygens (including phenoxy) is 2. The second-order valence-electron chi connectivity index (χ2n) is 4.40. The molecule has 0 spiro atoms. The van der Waals surface area contributed by atoms with Gasteiger partial charge in [0, 0.05) is 31.9 Å². The minimum absolute atomic E-state index is 0.0556. The van der Waals surface area contributed by atoms with E-state index in [-0.39, 0.29) is 19.6 Å². The molecule has 22 heavy (non-hydrogen) atoms. The lowest BCUT2D eigenvalue weighted by Crippen LogP contribution is -2.62. The highest BCUT2D eigenvalue weighted by atomic mass is 16.6. The first-order valence-corrected chi connectivity index (χ1v) is 6.84. The van der Waals surface area contributed by atoms with Gasteiger partial charge in [0.2, 0.25) is 11.4 Å². The molecule has 120 valence electrons. The SMILES string of the molecule is CCOC(=O)C(Cc1cnccn1)(NC(C)=O)C(=O)OCC. The lowest BCUT2D eigenvalue weighted by atomic mass is 9.93. The zero-order valence-electron chi connectivity index (χ0n) is 12.8. The molecule has 1 N–H and O–H groups in total. The van der Waals surface area contributed by atoms with E-state index in [9.17, 15) is 14.4 Å². The number of carbonyl (C=O) groups is 3. The van der Waals surface area contributed by atoms with Gasteiger partial charge in [0.15, 0.2) is 0 Å². The fraction of sp³-hybridized carbons (Fsp3) is 0.500. The van der Waals surface area contributed by atoms with Gasteiger partial charge in [0.05, 0.1) is 18.9 Å². The van der Waals surface area contributed by atoms with E-state index in [2.05, 4.69) is 15.3 Å². The van der Waals surface area contributed by atoms with Gasteiger partial charge in [-0.1, -0.05) is 0 Å². The van der Waals surface area contributed by atoms with Gasteiger partial charge < -0.3 is 14.8 Å². The molecule has 0 radical (unpaired) electrons. The van der Waals surface area contributed by atoms with Crippen LogP contribution in [0.15, 0.2) is 18.6 Å². The molecule has 1 heterocycles. The summed E-state index contributed by atoms with van der Waals surface area (Å²) in [5, 5.41) is 2.36. The fourth-order valence-corrected chi connectivity index (χ4v) is 1.88. The Balaban J connectivity index is 3.26. The number of amides is 1. The Kier molecular flexibility index (Phi) is 6.43. The standard InChI is InChI=1S/C14H19N3O5/c1-4-21-12(19)14(17-10(3)18,13(20)22-5-2)8-11-9-15-6-7-16-11/h6-7,9H,4-5,8H2,1-3H3,(H,17,18). The van der Waals surface area contributed by atoms with Crippen LogP contribution in [0.1, 0.15) is 26.5 Å². The number of carbonyl (C=O) groups excluding carboxylic acids is 3. The quantitative estimate of drug-likeness (QED) is 0.559. The highest BCUT2D eigenvalue weighted by Crippen LogP contribution is 2.17. The molecule has 1 aromatic rings.